The molecular formula is C15H22N2O2S. The molecule has 3 atom stereocenters. The second-order valence-corrected chi connectivity index (χ2v) is 7.92. The van der Waals surface area contributed by atoms with E-state index < -0.39 is 10.0 Å². The Bertz CT molecular complexity index is 582. The second kappa shape index (κ2) is 5.13. The summed E-state index contributed by atoms with van der Waals surface area (Å²) < 4.78 is 26.9. The van der Waals surface area contributed by atoms with Gasteiger partial charge in [-0.15, -0.1) is 0 Å². The van der Waals surface area contributed by atoms with Crippen molar-refractivity contribution in [3.8, 4) is 0 Å². The Morgan fingerprint density at radius 2 is 1.90 bits per heavy atom. The Morgan fingerprint density at radius 1 is 1.20 bits per heavy atom. The van der Waals surface area contributed by atoms with Gasteiger partial charge < -0.3 is 5.73 Å². The predicted octanol–water partition coefficient (Wildman–Crippen LogP) is 1.61. The Labute approximate surface area is 121 Å². The highest BCUT2D eigenvalue weighted by atomic mass is 32.2. The van der Waals surface area contributed by atoms with Crippen molar-refractivity contribution >= 4 is 10.0 Å². The molecular weight excluding hydrogens is 272 g/mol. The normalized spacial score (nSPS) is 30.6. The average Bonchev–Trinajstić information content (AvgIpc) is 3.02. The molecule has 0 aromatic heterocycles. The lowest BCUT2D eigenvalue weighted by Gasteiger charge is -2.18. The molecule has 110 valence electrons. The first-order valence-electron chi connectivity index (χ1n) is 7.37. The van der Waals surface area contributed by atoms with Crippen LogP contribution in [0.1, 0.15) is 25.3 Å². The van der Waals surface area contributed by atoms with Crippen molar-refractivity contribution in [2.45, 2.75) is 37.1 Å². The van der Waals surface area contributed by atoms with Crippen LogP contribution in [0, 0.1) is 11.8 Å². The van der Waals surface area contributed by atoms with Gasteiger partial charge in [0.05, 0.1) is 4.90 Å². The third-order valence-corrected chi connectivity index (χ3v) is 6.69. The summed E-state index contributed by atoms with van der Waals surface area (Å²) in [4.78, 5) is 0.406. The quantitative estimate of drug-likeness (QED) is 0.921. The van der Waals surface area contributed by atoms with Gasteiger partial charge in [0.1, 0.15) is 0 Å². The van der Waals surface area contributed by atoms with E-state index in [-0.39, 0.29) is 6.04 Å². The smallest absolute Gasteiger partial charge is 0.243 e. The fourth-order valence-corrected chi connectivity index (χ4v) is 5.04. The molecule has 1 aromatic rings. The van der Waals surface area contributed by atoms with Gasteiger partial charge in [0.25, 0.3) is 0 Å². The average molecular weight is 294 g/mol. The maximum Gasteiger partial charge on any atom is 0.243 e. The molecule has 1 heterocycles. The zero-order chi connectivity index (χ0) is 14.3. The van der Waals surface area contributed by atoms with E-state index in [9.17, 15) is 8.42 Å². The summed E-state index contributed by atoms with van der Waals surface area (Å²) in [5, 5.41) is 0. The van der Waals surface area contributed by atoms with Crippen LogP contribution in [0.3, 0.4) is 0 Å². The van der Waals surface area contributed by atoms with Gasteiger partial charge in [0, 0.05) is 19.1 Å². The molecule has 1 saturated carbocycles. The van der Waals surface area contributed by atoms with Gasteiger partial charge in [-0.2, -0.15) is 4.31 Å². The Balaban J connectivity index is 1.82. The summed E-state index contributed by atoms with van der Waals surface area (Å²) in [5.41, 5.74) is 7.24. The van der Waals surface area contributed by atoms with Crippen molar-refractivity contribution in [2.75, 3.05) is 13.1 Å². The van der Waals surface area contributed by atoms with E-state index in [2.05, 4.69) is 6.92 Å². The summed E-state index contributed by atoms with van der Waals surface area (Å²) >= 11 is 0. The van der Waals surface area contributed by atoms with Crippen LogP contribution < -0.4 is 5.73 Å². The summed E-state index contributed by atoms with van der Waals surface area (Å²) in [6.07, 6.45) is 3.02. The number of nitrogens with zero attached hydrogens (tertiary/aromatic N) is 1. The van der Waals surface area contributed by atoms with Crippen LogP contribution in [0.5, 0.6) is 0 Å². The van der Waals surface area contributed by atoms with Gasteiger partial charge in [-0.3, -0.25) is 0 Å². The van der Waals surface area contributed by atoms with Crippen LogP contribution in [0.15, 0.2) is 29.2 Å². The minimum atomic E-state index is -3.35. The standard InChI is InChI=1S/C15H22N2O2S/c1-2-11-3-6-13(7-4-11)20(18,19)17-9-12-5-8-15(16)14(12)10-17/h3-4,6-7,12,14-15H,2,5,8-10,16H2,1H3. The number of sulfonamides is 1. The van der Waals surface area contributed by atoms with E-state index in [0.717, 1.165) is 24.8 Å². The molecule has 1 aromatic carbocycles. The molecule has 3 unspecified atom stereocenters. The summed E-state index contributed by atoms with van der Waals surface area (Å²) in [6.45, 7) is 3.28. The number of hydrogen-bond acceptors (Lipinski definition) is 3. The molecule has 0 radical (unpaired) electrons. The Kier molecular flexibility index (Phi) is 3.60. The number of aryl methyl sites for hydroxylation is 1. The van der Waals surface area contributed by atoms with Crippen molar-refractivity contribution in [1.29, 1.82) is 0 Å². The molecule has 4 nitrogen and oxygen atoms in total. The van der Waals surface area contributed by atoms with E-state index in [1.807, 2.05) is 12.1 Å². The first-order valence-corrected chi connectivity index (χ1v) is 8.81. The van der Waals surface area contributed by atoms with Gasteiger partial charge >= 0.3 is 0 Å². The van der Waals surface area contributed by atoms with Crippen LogP contribution in [0.25, 0.3) is 0 Å². The van der Waals surface area contributed by atoms with Gasteiger partial charge in [-0.25, -0.2) is 8.42 Å². The number of nitrogens with two attached hydrogens (primary N) is 1. The zero-order valence-corrected chi connectivity index (χ0v) is 12.6. The monoisotopic (exact) mass is 294 g/mol. The van der Waals surface area contributed by atoms with Crippen LogP contribution in [0.4, 0.5) is 0 Å². The highest BCUT2D eigenvalue weighted by molar-refractivity contribution is 7.89. The second-order valence-electron chi connectivity index (χ2n) is 5.98. The number of fused-ring (bicyclic) bond motifs is 1. The summed E-state index contributed by atoms with van der Waals surface area (Å²) in [6, 6.07) is 7.41. The van der Waals surface area contributed by atoms with Gasteiger partial charge in [-0.05, 0) is 48.8 Å². The maximum absolute atomic E-state index is 12.7. The largest absolute Gasteiger partial charge is 0.327 e. The molecule has 2 aliphatic rings. The molecule has 2 fully saturated rings. The van der Waals surface area contributed by atoms with E-state index >= 15 is 0 Å². The summed E-state index contributed by atoms with van der Waals surface area (Å²) in [5.74, 6) is 0.800. The molecule has 2 N–H and O–H groups in total. The predicted molar refractivity (Wildman–Crippen MR) is 78.8 cm³/mol. The zero-order valence-electron chi connectivity index (χ0n) is 11.8. The fraction of sp³-hybridized carbons (Fsp3) is 0.600. The van der Waals surface area contributed by atoms with Gasteiger partial charge in [0.2, 0.25) is 10.0 Å². The lowest BCUT2D eigenvalue weighted by molar-refractivity contribution is 0.427. The van der Waals surface area contributed by atoms with Crippen LogP contribution in [0.2, 0.25) is 0 Å². The first kappa shape index (κ1) is 14.0. The highest BCUT2D eigenvalue weighted by Gasteiger charge is 2.44. The number of benzene rings is 1. The van der Waals surface area contributed by atoms with Crippen molar-refractivity contribution in [3.63, 3.8) is 0 Å². The van der Waals surface area contributed by atoms with Gasteiger partial charge in [-0.1, -0.05) is 19.1 Å². The molecule has 1 aliphatic carbocycles. The molecule has 1 aliphatic heterocycles. The molecule has 20 heavy (non-hydrogen) atoms. The summed E-state index contributed by atoms with van der Waals surface area (Å²) in [7, 11) is -3.35. The Morgan fingerprint density at radius 3 is 2.50 bits per heavy atom. The van der Waals surface area contributed by atoms with E-state index in [0.29, 0.717) is 29.8 Å². The van der Waals surface area contributed by atoms with Crippen molar-refractivity contribution < 1.29 is 8.42 Å². The van der Waals surface area contributed by atoms with Crippen molar-refractivity contribution in [2.24, 2.45) is 17.6 Å². The van der Waals surface area contributed by atoms with E-state index in [1.165, 1.54) is 0 Å². The molecule has 3 rings (SSSR count). The third kappa shape index (κ3) is 2.28. The van der Waals surface area contributed by atoms with E-state index in [1.54, 1.807) is 16.4 Å². The van der Waals surface area contributed by atoms with Crippen molar-refractivity contribution in [1.82, 2.24) is 4.31 Å². The van der Waals surface area contributed by atoms with E-state index in [4.69, 9.17) is 5.73 Å². The maximum atomic E-state index is 12.7. The van der Waals surface area contributed by atoms with Crippen molar-refractivity contribution in [3.05, 3.63) is 29.8 Å². The highest BCUT2D eigenvalue weighted by Crippen LogP contribution is 2.39. The molecule has 0 bridgehead atoms. The van der Waals surface area contributed by atoms with Crippen LogP contribution in [-0.4, -0.2) is 31.9 Å². The lowest BCUT2D eigenvalue weighted by atomic mass is 9.98. The molecule has 5 heteroatoms. The number of rotatable bonds is 3. The number of hydrogen-bond donors (Lipinski definition) is 1. The minimum absolute atomic E-state index is 0.169. The minimum Gasteiger partial charge on any atom is -0.327 e. The molecule has 0 amide bonds. The molecule has 0 spiro atoms. The van der Waals surface area contributed by atoms with Crippen LogP contribution in [-0.2, 0) is 16.4 Å². The Hall–Kier alpha value is -0.910. The van der Waals surface area contributed by atoms with Crippen LogP contribution >= 0.6 is 0 Å². The topological polar surface area (TPSA) is 63.4 Å². The molecule has 1 saturated heterocycles. The first-order chi connectivity index (χ1) is 9.52. The fourth-order valence-electron chi connectivity index (χ4n) is 3.51. The van der Waals surface area contributed by atoms with Gasteiger partial charge in [0.15, 0.2) is 0 Å². The lowest BCUT2D eigenvalue weighted by Crippen LogP contribution is -2.33. The SMILES string of the molecule is CCc1ccc(S(=O)(=O)N2CC3CCC(N)C3C2)cc1. The third-order valence-electron chi connectivity index (χ3n) is 4.85.